The number of alkyl carbamates (subject to hydrolysis) is 1. The predicted octanol–water partition coefficient (Wildman–Crippen LogP) is 3.46. The molecule has 8 heteroatoms. The summed E-state index contributed by atoms with van der Waals surface area (Å²) in [6, 6.07) is 1.68. The lowest BCUT2D eigenvalue weighted by atomic mass is 10.1. The van der Waals surface area contributed by atoms with Crippen molar-refractivity contribution in [1.29, 1.82) is 0 Å². The zero-order valence-electron chi connectivity index (χ0n) is 16.8. The number of carbonyl (C=O) groups excluding carboxylic acids is 2. The van der Waals surface area contributed by atoms with Crippen LogP contribution in [-0.4, -0.2) is 59.7 Å². The molecule has 154 valence electrons. The summed E-state index contributed by atoms with van der Waals surface area (Å²) in [5, 5.41) is 3.35. The fourth-order valence-corrected chi connectivity index (χ4v) is 3.89. The summed E-state index contributed by atoms with van der Waals surface area (Å²) in [4.78, 5) is 32.9. The molecule has 0 aromatic carbocycles. The van der Waals surface area contributed by atoms with Crippen LogP contribution < -0.4 is 10.2 Å². The summed E-state index contributed by atoms with van der Waals surface area (Å²) in [7, 11) is 0. The molecule has 3 heterocycles. The highest BCUT2D eigenvalue weighted by molar-refractivity contribution is 6.33. The molecule has 2 saturated heterocycles. The van der Waals surface area contributed by atoms with E-state index in [2.05, 4.69) is 10.3 Å². The first-order chi connectivity index (χ1) is 13.2. The number of piperidine rings is 1. The minimum absolute atomic E-state index is 0.00783. The van der Waals surface area contributed by atoms with Crippen molar-refractivity contribution < 1.29 is 14.3 Å². The normalized spacial score (nSPS) is 20.2. The second kappa shape index (κ2) is 8.55. The quantitative estimate of drug-likeness (QED) is 0.828. The SMILES string of the molecule is CC(C)(C)OC(=O)NC1CCN(c2ncc(C(=O)N3CCCCC3)cc2Cl)C1. The molecule has 28 heavy (non-hydrogen) atoms. The zero-order valence-corrected chi connectivity index (χ0v) is 17.6. The summed E-state index contributed by atoms with van der Waals surface area (Å²) in [6.07, 6.45) is 5.24. The number of carbonyl (C=O) groups is 2. The van der Waals surface area contributed by atoms with Gasteiger partial charge in [-0.1, -0.05) is 11.6 Å². The Balaban J connectivity index is 1.60. The molecule has 0 saturated carbocycles. The highest BCUT2D eigenvalue weighted by Gasteiger charge is 2.28. The molecule has 1 unspecified atom stereocenters. The molecular weight excluding hydrogens is 380 g/mol. The van der Waals surface area contributed by atoms with Gasteiger partial charge in [-0.25, -0.2) is 9.78 Å². The van der Waals surface area contributed by atoms with Gasteiger partial charge in [0.05, 0.1) is 16.6 Å². The summed E-state index contributed by atoms with van der Waals surface area (Å²) < 4.78 is 5.31. The smallest absolute Gasteiger partial charge is 0.407 e. The maximum Gasteiger partial charge on any atom is 0.407 e. The van der Waals surface area contributed by atoms with Crippen molar-refractivity contribution in [2.24, 2.45) is 0 Å². The molecule has 0 radical (unpaired) electrons. The molecule has 1 aromatic heterocycles. The number of anilines is 1. The third-order valence-electron chi connectivity index (χ3n) is 4.92. The number of ether oxygens (including phenoxy) is 1. The minimum atomic E-state index is -0.524. The minimum Gasteiger partial charge on any atom is -0.444 e. The highest BCUT2D eigenvalue weighted by atomic mass is 35.5. The van der Waals surface area contributed by atoms with Gasteiger partial charge in [-0.2, -0.15) is 0 Å². The summed E-state index contributed by atoms with van der Waals surface area (Å²) in [5.74, 6) is 0.636. The van der Waals surface area contributed by atoms with Crippen LogP contribution in [-0.2, 0) is 4.74 Å². The second-order valence-electron chi connectivity index (χ2n) is 8.46. The lowest BCUT2D eigenvalue weighted by molar-refractivity contribution is 0.0508. The monoisotopic (exact) mass is 408 g/mol. The van der Waals surface area contributed by atoms with E-state index in [1.54, 1.807) is 12.3 Å². The van der Waals surface area contributed by atoms with Gasteiger partial charge in [-0.15, -0.1) is 0 Å². The Hall–Kier alpha value is -2.02. The number of halogens is 1. The molecule has 2 fully saturated rings. The number of hydrogen-bond acceptors (Lipinski definition) is 5. The Kier molecular flexibility index (Phi) is 6.33. The predicted molar refractivity (Wildman–Crippen MR) is 109 cm³/mol. The van der Waals surface area contributed by atoms with Gasteiger partial charge in [-0.3, -0.25) is 4.79 Å². The first-order valence-corrected chi connectivity index (χ1v) is 10.3. The Labute approximate surface area is 171 Å². The Morgan fingerprint density at radius 1 is 1.21 bits per heavy atom. The van der Waals surface area contributed by atoms with Gasteiger partial charge in [0.1, 0.15) is 11.4 Å². The molecule has 1 N–H and O–H groups in total. The van der Waals surface area contributed by atoms with Crippen LogP contribution in [0.25, 0.3) is 0 Å². The van der Waals surface area contributed by atoms with Crippen LogP contribution in [0.2, 0.25) is 5.02 Å². The molecule has 2 aliphatic rings. The largest absolute Gasteiger partial charge is 0.444 e. The van der Waals surface area contributed by atoms with E-state index < -0.39 is 11.7 Å². The Morgan fingerprint density at radius 3 is 2.57 bits per heavy atom. The topological polar surface area (TPSA) is 74.8 Å². The molecule has 3 rings (SSSR count). The first-order valence-electron chi connectivity index (χ1n) is 9.92. The standard InChI is InChI=1S/C20H29ClN4O3/c1-20(2,3)28-19(27)23-15-7-10-25(13-15)17-16(21)11-14(12-22-17)18(26)24-8-5-4-6-9-24/h11-12,15H,4-10,13H2,1-3H3,(H,23,27). The molecule has 1 aromatic rings. The molecule has 0 bridgehead atoms. The van der Waals surface area contributed by atoms with Crippen LogP contribution in [0.4, 0.5) is 10.6 Å². The van der Waals surface area contributed by atoms with Crippen LogP contribution in [0.3, 0.4) is 0 Å². The van der Waals surface area contributed by atoms with Crippen molar-refractivity contribution in [3.8, 4) is 0 Å². The number of nitrogens with zero attached hydrogens (tertiary/aromatic N) is 3. The Morgan fingerprint density at radius 2 is 1.93 bits per heavy atom. The van der Waals surface area contributed by atoms with E-state index in [9.17, 15) is 9.59 Å². The first kappa shape index (κ1) is 20.7. The van der Waals surface area contributed by atoms with Gasteiger partial charge >= 0.3 is 6.09 Å². The average molecular weight is 409 g/mol. The van der Waals surface area contributed by atoms with E-state index in [1.165, 1.54) is 6.42 Å². The van der Waals surface area contributed by atoms with Gasteiger partial charge < -0.3 is 19.9 Å². The maximum absolute atomic E-state index is 12.6. The second-order valence-corrected chi connectivity index (χ2v) is 8.87. The molecule has 2 amide bonds. The fourth-order valence-electron chi connectivity index (χ4n) is 3.60. The summed E-state index contributed by atoms with van der Waals surface area (Å²) in [5.41, 5.74) is 0.00234. The van der Waals surface area contributed by atoms with Gasteiger partial charge in [0.25, 0.3) is 5.91 Å². The van der Waals surface area contributed by atoms with Gasteiger partial charge in [0.15, 0.2) is 0 Å². The average Bonchev–Trinajstić information content (AvgIpc) is 3.08. The van der Waals surface area contributed by atoms with Crippen molar-refractivity contribution in [2.45, 2.75) is 58.1 Å². The number of aromatic nitrogens is 1. The zero-order chi connectivity index (χ0) is 20.3. The van der Waals surface area contributed by atoms with Crippen LogP contribution in [0, 0.1) is 0 Å². The molecule has 0 aliphatic carbocycles. The number of rotatable bonds is 3. The van der Waals surface area contributed by atoms with Gasteiger partial charge in [-0.05, 0) is 52.5 Å². The third kappa shape index (κ3) is 5.28. The van der Waals surface area contributed by atoms with Crippen molar-refractivity contribution in [2.75, 3.05) is 31.1 Å². The third-order valence-corrected chi connectivity index (χ3v) is 5.20. The van der Waals surface area contributed by atoms with Crippen LogP contribution in [0.5, 0.6) is 0 Å². The van der Waals surface area contributed by atoms with E-state index in [-0.39, 0.29) is 11.9 Å². The van der Waals surface area contributed by atoms with Crippen molar-refractivity contribution in [3.05, 3.63) is 22.8 Å². The maximum atomic E-state index is 12.6. The molecule has 2 aliphatic heterocycles. The Bertz CT molecular complexity index is 729. The number of likely N-dealkylation sites (tertiary alicyclic amines) is 1. The van der Waals surface area contributed by atoms with Crippen molar-refractivity contribution in [3.63, 3.8) is 0 Å². The van der Waals surface area contributed by atoms with E-state index in [0.29, 0.717) is 22.9 Å². The van der Waals surface area contributed by atoms with E-state index in [0.717, 1.165) is 38.9 Å². The van der Waals surface area contributed by atoms with E-state index in [1.807, 2.05) is 30.6 Å². The molecular formula is C20H29ClN4O3. The molecule has 1 atom stereocenters. The summed E-state index contributed by atoms with van der Waals surface area (Å²) >= 11 is 6.45. The molecule has 0 spiro atoms. The lowest BCUT2D eigenvalue weighted by Gasteiger charge is -2.27. The van der Waals surface area contributed by atoms with Crippen molar-refractivity contribution >= 4 is 29.4 Å². The number of pyridine rings is 1. The fraction of sp³-hybridized carbons (Fsp3) is 0.650. The van der Waals surface area contributed by atoms with Gasteiger partial charge in [0.2, 0.25) is 0 Å². The highest BCUT2D eigenvalue weighted by Crippen LogP contribution is 2.28. The van der Waals surface area contributed by atoms with Crippen LogP contribution in [0.1, 0.15) is 56.8 Å². The lowest BCUT2D eigenvalue weighted by Crippen LogP contribution is -2.40. The van der Waals surface area contributed by atoms with Crippen LogP contribution >= 0.6 is 11.6 Å². The van der Waals surface area contributed by atoms with Gasteiger partial charge in [0, 0.05) is 32.4 Å². The van der Waals surface area contributed by atoms with E-state index >= 15 is 0 Å². The van der Waals surface area contributed by atoms with E-state index in [4.69, 9.17) is 16.3 Å². The van der Waals surface area contributed by atoms with Crippen molar-refractivity contribution in [1.82, 2.24) is 15.2 Å². The summed E-state index contributed by atoms with van der Waals surface area (Å²) in [6.45, 7) is 8.43. The number of amides is 2. The number of nitrogens with one attached hydrogen (secondary N) is 1. The van der Waals surface area contributed by atoms with Crippen LogP contribution in [0.15, 0.2) is 12.3 Å². The number of hydrogen-bond donors (Lipinski definition) is 1. The molecule has 7 nitrogen and oxygen atoms in total.